The number of anilines is 1. The lowest BCUT2D eigenvalue weighted by molar-refractivity contribution is -0.124. The summed E-state index contributed by atoms with van der Waals surface area (Å²) in [7, 11) is 1.74. The quantitative estimate of drug-likeness (QED) is 0.305. The Hall–Kier alpha value is -3.19. The Labute approximate surface area is 255 Å². The largest absolute Gasteiger partial charge is 0.496 e. The van der Waals surface area contributed by atoms with Crippen molar-refractivity contribution >= 4 is 11.7 Å². The van der Waals surface area contributed by atoms with Crippen LogP contribution in [0.15, 0.2) is 48.9 Å². The number of aliphatic hydroxyl groups is 1. The number of aromatic nitrogens is 3. The van der Waals surface area contributed by atoms with E-state index in [1.54, 1.807) is 7.11 Å². The topological polar surface area (TPSA) is 80.5 Å². The molecule has 7 nitrogen and oxygen atoms in total. The summed E-state index contributed by atoms with van der Waals surface area (Å²) in [6, 6.07) is 11.4. The molecule has 1 N–H and O–H groups in total. The van der Waals surface area contributed by atoms with Crippen LogP contribution in [0.2, 0.25) is 0 Å². The van der Waals surface area contributed by atoms with Gasteiger partial charge in [-0.1, -0.05) is 12.1 Å². The molecule has 2 bridgehead atoms. The molecule has 2 heterocycles. The number of methoxy groups -OCH3 is 1. The molecular weight excluding hydrogens is 536 g/mol. The van der Waals surface area contributed by atoms with Crippen molar-refractivity contribution in [1.29, 1.82) is 0 Å². The SMILES string of the molecule is COc1ccc(C23CCC(CN(C(=O)C4CCC(O)CC4)c4cc(-c5cnn(C6CCC6)c5)ccn4)(CC2)CC3)cc1C. The molecule has 5 aliphatic carbocycles. The number of rotatable bonds is 8. The number of hydrogen-bond donors (Lipinski definition) is 1. The Morgan fingerprint density at radius 1 is 1.00 bits per heavy atom. The monoisotopic (exact) mass is 582 g/mol. The Bertz CT molecular complexity index is 1440. The van der Waals surface area contributed by atoms with Crippen LogP contribution in [0.5, 0.6) is 5.75 Å². The van der Waals surface area contributed by atoms with Crippen molar-refractivity contribution in [2.45, 2.75) is 108 Å². The van der Waals surface area contributed by atoms with Gasteiger partial charge in [0.05, 0.1) is 25.5 Å². The van der Waals surface area contributed by atoms with Crippen LogP contribution in [0, 0.1) is 18.3 Å². The highest BCUT2D eigenvalue weighted by Crippen LogP contribution is 2.58. The van der Waals surface area contributed by atoms with Crippen LogP contribution < -0.4 is 9.64 Å². The minimum Gasteiger partial charge on any atom is -0.496 e. The number of aliphatic hydroxyl groups excluding tert-OH is 1. The molecule has 2 aromatic heterocycles. The predicted molar refractivity (Wildman–Crippen MR) is 168 cm³/mol. The van der Waals surface area contributed by atoms with E-state index >= 15 is 0 Å². The number of nitrogens with zero attached hydrogens (tertiary/aromatic N) is 4. The van der Waals surface area contributed by atoms with E-state index in [9.17, 15) is 9.90 Å². The first-order valence-corrected chi connectivity index (χ1v) is 16.5. The summed E-state index contributed by atoms with van der Waals surface area (Å²) in [4.78, 5) is 21.1. The molecule has 5 fully saturated rings. The van der Waals surface area contributed by atoms with Crippen LogP contribution >= 0.6 is 0 Å². The Balaban J connectivity index is 1.14. The summed E-state index contributed by atoms with van der Waals surface area (Å²) in [5, 5.41) is 14.8. The zero-order valence-corrected chi connectivity index (χ0v) is 25.8. The Morgan fingerprint density at radius 3 is 2.40 bits per heavy atom. The van der Waals surface area contributed by atoms with E-state index in [0.717, 1.165) is 80.6 Å². The standard InChI is InChI=1S/C36H46N4O3/c1-25-20-29(8-11-32(25)43-2)36-16-13-35(14-17-36,15-18-36)24-39(34(42)26-6-9-31(41)10-7-26)33-21-27(12-19-37-33)28-22-38-40(23-28)30-4-3-5-30/h8,11-12,19-23,26,30-31,41H,3-7,9-10,13-18,24H2,1-2H3. The maximum absolute atomic E-state index is 14.3. The van der Waals surface area contributed by atoms with Gasteiger partial charge in [0.15, 0.2) is 0 Å². The maximum Gasteiger partial charge on any atom is 0.231 e. The molecule has 1 aromatic carbocycles. The van der Waals surface area contributed by atoms with Crippen LogP contribution in [0.1, 0.15) is 101 Å². The third-order valence-electron chi connectivity index (χ3n) is 11.6. The number of ether oxygens (including phenoxy) is 1. The molecule has 0 atom stereocenters. The van der Waals surface area contributed by atoms with E-state index in [0.29, 0.717) is 18.9 Å². The summed E-state index contributed by atoms with van der Waals surface area (Å²) >= 11 is 0. The van der Waals surface area contributed by atoms with Crippen molar-refractivity contribution < 1.29 is 14.6 Å². The fourth-order valence-electron chi connectivity index (χ4n) is 8.38. The van der Waals surface area contributed by atoms with Gasteiger partial charge in [0.2, 0.25) is 5.91 Å². The first kappa shape index (κ1) is 28.6. The molecule has 0 aliphatic heterocycles. The highest BCUT2D eigenvalue weighted by atomic mass is 16.5. The van der Waals surface area contributed by atoms with Gasteiger partial charge >= 0.3 is 0 Å². The second kappa shape index (κ2) is 11.4. The number of fused-ring (bicyclic) bond motifs is 3. The first-order chi connectivity index (χ1) is 20.9. The number of carbonyl (C=O) groups is 1. The van der Waals surface area contributed by atoms with Gasteiger partial charge in [0, 0.05) is 30.4 Å². The molecule has 43 heavy (non-hydrogen) atoms. The molecule has 5 aliphatic rings. The van der Waals surface area contributed by atoms with Crippen LogP contribution in [0.3, 0.4) is 0 Å². The summed E-state index contributed by atoms with van der Waals surface area (Å²) in [6.45, 7) is 2.86. The van der Waals surface area contributed by atoms with Gasteiger partial charge in [-0.3, -0.25) is 14.4 Å². The van der Waals surface area contributed by atoms with Crippen LogP contribution in [0.25, 0.3) is 11.1 Å². The van der Waals surface area contributed by atoms with Crippen LogP contribution in [0.4, 0.5) is 5.82 Å². The van der Waals surface area contributed by atoms with Gasteiger partial charge in [0.25, 0.3) is 0 Å². The van der Waals surface area contributed by atoms with E-state index in [1.807, 2.05) is 23.4 Å². The third kappa shape index (κ3) is 5.39. The molecular formula is C36H46N4O3. The predicted octanol–water partition coefficient (Wildman–Crippen LogP) is 7.16. The van der Waals surface area contributed by atoms with Crippen molar-refractivity contribution in [3.05, 3.63) is 60.0 Å². The van der Waals surface area contributed by atoms with Crippen molar-refractivity contribution in [3.63, 3.8) is 0 Å². The van der Waals surface area contributed by atoms with Crippen molar-refractivity contribution in [2.24, 2.45) is 11.3 Å². The van der Waals surface area contributed by atoms with Crippen molar-refractivity contribution in [1.82, 2.24) is 14.8 Å². The fraction of sp³-hybridized carbons (Fsp3) is 0.583. The molecule has 7 heteroatoms. The van der Waals surface area contributed by atoms with E-state index in [4.69, 9.17) is 9.72 Å². The molecule has 0 radical (unpaired) electrons. The molecule has 0 saturated heterocycles. The fourth-order valence-corrected chi connectivity index (χ4v) is 8.38. The smallest absolute Gasteiger partial charge is 0.231 e. The molecule has 1 amide bonds. The number of pyridine rings is 1. The molecule has 0 spiro atoms. The number of benzene rings is 1. The second-order valence-corrected chi connectivity index (χ2v) is 14.1. The maximum atomic E-state index is 14.3. The van der Waals surface area contributed by atoms with E-state index < -0.39 is 0 Å². The molecule has 228 valence electrons. The summed E-state index contributed by atoms with van der Waals surface area (Å²) in [5.41, 5.74) is 5.13. The summed E-state index contributed by atoms with van der Waals surface area (Å²) in [5.74, 6) is 1.84. The molecule has 8 rings (SSSR count). The van der Waals surface area contributed by atoms with Gasteiger partial charge < -0.3 is 9.84 Å². The highest BCUT2D eigenvalue weighted by molar-refractivity contribution is 5.95. The number of aryl methyl sites for hydroxylation is 1. The van der Waals surface area contributed by atoms with E-state index in [1.165, 1.54) is 30.4 Å². The number of hydrogen-bond acceptors (Lipinski definition) is 5. The average Bonchev–Trinajstić information content (AvgIpc) is 3.49. The lowest BCUT2D eigenvalue weighted by Crippen LogP contribution is -2.52. The molecule has 5 saturated carbocycles. The van der Waals surface area contributed by atoms with Crippen molar-refractivity contribution in [2.75, 3.05) is 18.6 Å². The second-order valence-electron chi connectivity index (χ2n) is 14.1. The average molecular weight is 583 g/mol. The minimum absolute atomic E-state index is 0.0554. The van der Waals surface area contributed by atoms with E-state index in [-0.39, 0.29) is 28.8 Å². The number of carbonyl (C=O) groups excluding carboxylic acids is 1. The summed E-state index contributed by atoms with van der Waals surface area (Å²) in [6.07, 6.45) is 19.1. The molecule has 0 unspecified atom stereocenters. The Morgan fingerprint density at radius 2 is 1.74 bits per heavy atom. The van der Waals surface area contributed by atoms with Crippen LogP contribution in [-0.2, 0) is 10.2 Å². The highest BCUT2D eigenvalue weighted by Gasteiger charge is 2.50. The third-order valence-corrected chi connectivity index (χ3v) is 11.6. The minimum atomic E-state index is -0.281. The van der Waals surface area contributed by atoms with Crippen molar-refractivity contribution in [3.8, 4) is 16.9 Å². The van der Waals surface area contributed by atoms with Crippen LogP contribution in [-0.4, -0.2) is 45.5 Å². The van der Waals surface area contributed by atoms with Gasteiger partial charge in [-0.15, -0.1) is 0 Å². The first-order valence-electron chi connectivity index (χ1n) is 16.5. The van der Waals surface area contributed by atoms with E-state index in [2.05, 4.69) is 47.2 Å². The lowest BCUT2D eigenvalue weighted by atomic mass is 9.51. The zero-order chi connectivity index (χ0) is 29.6. The summed E-state index contributed by atoms with van der Waals surface area (Å²) < 4.78 is 7.64. The van der Waals surface area contributed by atoms with Gasteiger partial charge in [0.1, 0.15) is 11.6 Å². The zero-order valence-electron chi connectivity index (χ0n) is 25.8. The number of amides is 1. The Kier molecular flexibility index (Phi) is 7.57. The van der Waals surface area contributed by atoms with Gasteiger partial charge in [-0.2, -0.15) is 5.10 Å². The normalized spacial score (nSPS) is 28.8. The lowest BCUT2D eigenvalue weighted by Gasteiger charge is -2.55. The van der Waals surface area contributed by atoms with Gasteiger partial charge in [-0.25, -0.2) is 4.98 Å². The van der Waals surface area contributed by atoms with Gasteiger partial charge in [-0.05, 0) is 136 Å². The molecule has 3 aromatic rings.